The summed E-state index contributed by atoms with van der Waals surface area (Å²) in [5.74, 6) is -1.01. The van der Waals surface area contributed by atoms with Crippen LogP contribution in [0.15, 0.2) is 30.6 Å². The summed E-state index contributed by atoms with van der Waals surface area (Å²) in [5, 5.41) is 17.3. The number of nitrogens with one attached hydrogen (secondary N) is 2. The largest absolute Gasteiger partial charge is 0.483 e. The van der Waals surface area contributed by atoms with Gasteiger partial charge in [-0.2, -0.15) is 5.10 Å². The molecule has 0 radical (unpaired) electrons. The number of anilines is 1. The van der Waals surface area contributed by atoms with Gasteiger partial charge in [0.25, 0.3) is 12.4 Å². The summed E-state index contributed by atoms with van der Waals surface area (Å²) in [7, 11) is 4.01. The van der Waals surface area contributed by atoms with Crippen LogP contribution in [0.2, 0.25) is 5.02 Å². The van der Waals surface area contributed by atoms with Gasteiger partial charge in [-0.15, -0.1) is 0 Å². The Labute approximate surface area is 225 Å². The predicted molar refractivity (Wildman–Crippen MR) is 142 cm³/mol. The minimum absolute atomic E-state index is 0.0370. The van der Waals surface area contributed by atoms with Crippen molar-refractivity contribution in [3.05, 3.63) is 58.3 Å². The maximum Gasteiger partial charge on any atom is 0.290 e. The summed E-state index contributed by atoms with van der Waals surface area (Å²) in [6.07, 6.45) is 5.99. The second kappa shape index (κ2) is 12.8. The molecule has 0 saturated heterocycles. The molecule has 2 heterocycles. The Kier molecular flexibility index (Phi) is 9.76. The highest BCUT2D eigenvalue weighted by atomic mass is 35.5. The maximum absolute atomic E-state index is 13.2. The summed E-state index contributed by atoms with van der Waals surface area (Å²) in [5.41, 5.74) is 3.36. The number of hydrogen-bond donors (Lipinski definition) is 3. The zero-order chi connectivity index (χ0) is 28.0. The van der Waals surface area contributed by atoms with E-state index in [0.29, 0.717) is 42.6 Å². The molecule has 0 aliphatic heterocycles. The normalized spacial score (nSPS) is 17.9. The molecule has 0 bridgehead atoms. The van der Waals surface area contributed by atoms with E-state index >= 15 is 0 Å². The molecular formula is C26H32ClFN6O4. The van der Waals surface area contributed by atoms with Gasteiger partial charge in [-0.3, -0.25) is 14.4 Å². The van der Waals surface area contributed by atoms with E-state index in [0.717, 1.165) is 11.3 Å². The van der Waals surface area contributed by atoms with Gasteiger partial charge in [-0.1, -0.05) is 11.6 Å². The molecule has 204 valence electrons. The fourth-order valence-corrected chi connectivity index (χ4v) is 4.71. The van der Waals surface area contributed by atoms with Crippen LogP contribution in [0, 0.1) is 18.7 Å². The number of carbonyl (C=O) groups excluding carboxylic acids is 2. The lowest BCUT2D eigenvalue weighted by molar-refractivity contribution is -0.123. The first-order valence-electron chi connectivity index (χ1n) is 12.2. The van der Waals surface area contributed by atoms with Crippen LogP contribution in [-0.2, 0) is 9.59 Å². The minimum atomic E-state index is -0.454. The minimum Gasteiger partial charge on any atom is -0.483 e. The molecule has 1 aliphatic rings. The van der Waals surface area contributed by atoms with E-state index in [1.54, 1.807) is 10.7 Å². The highest BCUT2D eigenvalue weighted by molar-refractivity contribution is 6.33. The number of halogens is 2. The topological polar surface area (TPSA) is 129 Å². The van der Waals surface area contributed by atoms with E-state index in [-0.39, 0.29) is 41.3 Å². The first-order valence-corrected chi connectivity index (χ1v) is 12.6. The molecule has 2 amide bonds. The zero-order valence-electron chi connectivity index (χ0n) is 21.7. The van der Waals surface area contributed by atoms with Crippen molar-refractivity contribution in [1.82, 2.24) is 24.8 Å². The molecular weight excluding hydrogens is 515 g/mol. The molecule has 1 fully saturated rings. The van der Waals surface area contributed by atoms with Gasteiger partial charge in [0.1, 0.15) is 11.4 Å². The van der Waals surface area contributed by atoms with Crippen molar-refractivity contribution in [2.45, 2.75) is 51.6 Å². The lowest BCUT2D eigenvalue weighted by Gasteiger charge is -2.28. The van der Waals surface area contributed by atoms with Crippen molar-refractivity contribution in [2.24, 2.45) is 5.92 Å². The molecule has 2 aromatic heterocycles. The Balaban J connectivity index is 0.00000127. The molecule has 3 N–H and O–H groups in total. The van der Waals surface area contributed by atoms with Gasteiger partial charge in [-0.05, 0) is 71.8 Å². The van der Waals surface area contributed by atoms with E-state index in [9.17, 15) is 14.0 Å². The van der Waals surface area contributed by atoms with Gasteiger partial charge in [-0.25, -0.2) is 13.9 Å². The number of aromatic nitrogens is 3. The van der Waals surface area contributed by atoms with Crippen molar-refractivity contribution >= 4 is 41.2 Å². The number of aryl methyl sites for hydroxylation is 1. The zero-order valence-corrected chi connectivity index (χ0v) is 22.5. The molecule has 1 atom stereocenters. The molecule has 10 nitrogen and oxygen atoms in total. The third-order valence-corrected chi connectivity index (χ3v) is 7.21. The summed E-state index contributed by atoms with van der Waals surface area (Å²) >= 11 is 6.01. The van der Waals surface area contributed by atoms with Crippen LogP contribution < -0.4 is 10.6 Å². The summed E-state index contributed by atoms with van der Waals surface area (Å²) in [6.45, 7) is 3.82. The van der Waals surface area contributed by atoms with Crippen LogP contribution in [0.4, 0.5) is 10.1 Å². The predicted octanol–water partition coefficient (Wildman–Crippen LogP) is 4.08. The SMILES string of the molecule is Cc1c(C(C)N(C)C)cnc2c(C(=O)N[C@H]3CC[C@H](C(=O)Nc4ccc(F)cc4Cl)CC3)cnn12.O=CO. The fraction of sp³-hybridized carbons (Fsp3) is 0.423. The van der Waals surface area contributed by atoms with Crippen LogP contribution in [0.25, 0.3) is 5.65 Å². The van der Waals surface area contributed by atoms with Crippen LogP contribution in [0.1, 0.15) is 60.3 Å². The molecule has 1 aromatic carbocycles. The molecule has 0 spiro atoms. The standard InChI is InChI=1S/C25H30ClFN6O2.CH2O2/c1-14(32(3)4)19-12-28-23-20(13-29-33(23)15(19)2)25(35)30-18-8-5-16(6-9-18)24(34)31-22-10-7-17(27)11-21(22)26;2-1-3/h7,10-14,16,18H,5-6,8-9H2,1-4H3,(H,30,35)(H,31,34);1H,(H,2,3)/t14?,16-,18-;. The third kappa shape index (κ3) is 6.65. The highest BCUT2D eigenvalue weighted by Crippen LogP contribution is 2.29. The molecule has 4 rings (SSSR count). The number of amides is 2. The second-order valence-corrected chi connectivity index (χ2v) is 9.88. The average molecular weight is 547 g/mol. The van der Waals surface area contributed by atoms with Crippen LogP contribution in [0.5, 0.6) is 0 Å². The third-order valence-electron chi connectivity index (χ3n) is 6.90. The van der Waals surface area contributed by atoms with Crippen molar-refractivity contribution in [3.63, 3.8) is 0 Å². The van der Waals surface area contributed by atoms with Crippen molar-refractivity contribution in [3.8, 4) is 0 Å². The number of carbonyl (C=O) groups is 3. The van der Waals surface area contributed by atoms with Gasteiger partial charge >= 0.3 is 0 Å². The Morgan fingerprint density at radius 2 is 1.89 bits per heavy atom. The molecule has 38 heavy (non-hydrogen) atoms. The summed E-state index contributed by atoms with van der Waals surface area (Å²) < 4.78 is 14.9. The molecule has 1 saturated carbocycles. The monoisotopic (exact) mass is 546 g/mol. The van der Waals surface area contributed by atoms with Crippen molar-refractivity contribution in [1.29, 1.82) is 0 Å². The maximum atomic E-state index is 13.2. The number of benzene rings is 1. The van der Waals surface area contributed by atoms with Gasteiger partial charge in [0, 0.05) is 35.5 Å². The number of hydrogen-bond acceptors (Lipinski definition) is 6. The Morgan fingerprint density at radius 1 is 1.24 bits per heavy atom. The van der Waals surface area contributed by atoms with E-state index in [4.69, 9.17) is 21.5 Å². The first kappa shape index (κ1) is 29.0. The van der Waals surface area contributed by atoms with Crippen LogP contribution in [0.3, 0.4) is 0 Å². The van der Waals surface area contributed by atoms with E-state index in [1.165, 1.54) is 18.2 Å². The number of nitrogens with zero attached hydrogens (tertiary/aromatic N) is 4. The molecule has 1 unspecified atom stereocenters. The number of fused-ring (bicyclic) bond motifs is 1. The highest BCUT2D eigenvalue weighted by Gasteiger charge is 2.28. The molecule has 12 heteroatoms. The van der Waals surface area contributed by atoms with Crippen LogP contribution >= 0.6 is 11.6 Å². The second-order valence-electron chi connectivity index (χ2n) is 9.47. The van der Waals surface area contributed by atoms with Crippen molar-refractivity contribution < 1.29 is 23.9 Å². The Hall–Kier alpha value is -3.57. The average Bonchev–Trinajstić information content (AvgIpc) is 3.32. The first-order chi connectivity index (χ1) is 18.1. The van der Waals surface area contributed by atoms with Gasteiger partial charge in [0.05, 0.1) is 16.9 Å². The summed E-state index contributed by atoms with van der Waals surface area (Å²) in [4.78, 5) is 40.6. The Morgan fingerprint density at radius 3 is 2.50 bits per heavy atom. The smallest absolute Gasteiger partial charge is 0.290 e. The Bertz CT molecular complexity index is 1310. The quantitative estimate of drug-likeness (QED) is 0.397. The summed E-state index contributed by atoms with van der Waals surface area (Å²) in [6, 6.07) is 4.01. The number of rotatable bonds is 6. The number of carboxylic acid groups (broad SMARTS) is 1. The lowest BCUT2D eigenvalue weighted by atomic mass is 9.85. The molecule has 3 aromatic rings. The van der Waals surface area contributed by atoms with Gasteiger partial charge in [0.15, 0.2) is 5.65 Å². The van der Waals surface area contributed by atoms with E-state index in [2.05, 4.69) is 32.5 Å². The van der Waals surface area contributed by atoms with Gasteiger partial charge < -0.3 is 20.6 Å². The van der Waals surface area contributed by atoms with E-state index < -0.39 is 5.82 Å². The fourth-order valence-electron chi connectivity index (χ4n) is 4.50. The van der Waals surface area contributed by atoms with Crippen molar-refractivity contribution in [2.75, 3.05) is 19.4 Å². The lowest BCUT2D eigenvalue weighted by Crippen LogP contribution is -2.39. The van der Waals surface area contributed by atoms with Crippen LogP contribution in [-0.4, -0.2) is 63.0 Å². The van der Waals surface area contributed by atoms with Gasteiger partial charge in [0.2, 0.25) is 5.91 Å². The van der Waals surface area contributed by atoms with E-state index in [1.807, 2.05) is 27.2 Å². The molecule has 1 aliphatic carbocycles.